The number of nitrogens with one attached hydrogen (secondary N) is 1. The normalized spacial score (nSPS) is 24.5. The van der Waals surface area contributed by atoms with Crippen molar-refractivity contribution in [1.29, 1.82) is 0 Å². The summed E-state index contributed by atoms with van der Waals surface area (Å²) < 4.78 is 5.82. The van der Waals surface area contributed by atoms with Crippen LogP contribution in [0.3, 0.4) is 0 Å². The first-order valence-electron chi connectivity index (χ1n) is 8.22. The number of hydrogen-bond acceptors (Lipinski definition) is 4. The molecule has 1 aromatic rings. The Kier molecular flexibility index (Phi) is 4.00. The van der Waals surface area contributed by atoms with Gasteiger partial charge in [0, 0.05) is 18.3 Å². The third-order valence-electron chi connectivity index (χ3n) is 4.56. The van der Waals surface area contributed by atoms with Crippen molar-refractivity contribution >= 4 is 17.6 Å². The minimum atomic E-state index is -1.55. The molecule has 6 heteroatoms. The molecule has 2 amide bonds. The van der Waals surface area contributed by atoms with E-state index >= 15 is 0 Å². The Balaban J connectivity index is 1.92. The number of rotatable bonds is 3. The smallest absolute Gasteiger partial charge is 0.282 e. The minimum absolute atomic E-state index is 0.112. The molecule has 1 saturated carbocycles. The fourth-order valence-electron chi connectivity index (χ4n) is 3.25. The monoisotopic (exact) mass is 317 g/mol. The second-order valence-electron chi connectivity index (χ2n) is 6.68. The Morgan fingerprint density at radius 3 is 2.78 bits per heavy atom. The lowest BCUT2D eigenvalue weighted by molar-refractivity contribution is -0.149. The Morgan fingerprint density at radius 2 is 2.13 bits per heavy atom. The van der Waals surface area contributed by atoms with E-state index in [9.17, 15) is 9.59 Å². The van der Waals surface area contributed by atoms with Crippen molar-refractivity contribution < 1.29 is 14.3 Å². The fourth-order valence-corrected chi connectivity index (χ4v) is 3.25. The highest BCUT2D eigenvalue weighted by Gasteiger charge is 2.52. The molecule has 1 N–H and O–H groups in total. The molecule has 1 aromatic heterocycles. The van der Waals surface area contributed by atoms with Crippen molar-refractivity contribution in [3.05, 3.63) is 18.3 Å². The number of aromatic nitrogens is 1. The predicted molar refractivity (Wildman–Crippen MR) is 86.3 cm³/mol. The zero-order valence-corrected chi connectivity index (χ0v) is 13.8. The maximum absolute atomic E-state index is 13.0. The molecule has 1 fully saturated rings. The number of amides is 2. The van der Waals surface area contributed by atoms with Gasteiger partial charge in [0.05, 0.1) is 0 Å². The van der Waals surface area contributed by atoms with Gasteiger partial charge in [0.25, 0.3) is 17.4 Å². The van der Waals surface area contributed by atoms with E-state index in [1.807, 2.05) is 13.8 Å². The molecule has 0 bridgehead atoms. The quantitative estimate of drug-likeness (QED) is 0.866. The molecule has 0 spiro atoms. The Labute approximate surface area is 136 Å². The number of hydrogen-bond donors (Lipinski definition) is 1. The van der Waals surface area contributed by atoms with Crippen LogP contribution < -0.4 is 15.0 Å². The Hall–Kier alpha value is -2.11. The van der Waals surface area contributed by atoms with Crippen molar-refractivity contribution in [2.24, 2.45) is 0 Å². The summed E-state index contributed by atoms with van der Waals surface area (Å²) in [5.41, 5.74) is -1.55. The average molecular weight is 317 g/mol. The summed E-state index contributed by atoms with van der Waals surface area (Å²) in [5, 5.41) is 2.98. The maximum atomic E-state index is 13.0. The summed E-state index contributed by atoms with van der Waals surface area (Å²) in [4.78, 5) is 31.5. The van der Waals surface area contributed by atoms with Gasteiger partial charge in [0.1, 0.15) is 0 Å². The molecule has 23 heavy (non-hydrogen) atoms. The summed E-state index contributed by atoms with van der Waals surface area (Å²) >= 11 is 0. The standard InChI is InChI=1S/C17H23N3O3/c1-11(2)20-14-13(9-6-10-18-14)23-17(3,16(20)22)15(21)19-12-7-4-5-8-12/h6,9-12H,4-5,7-8H2,1-3H3,(H,19,21). The van der Waals surface area contributed by atoms with Gasteiger partial charge in [-0.15, -0.1) is 0 Å². The van der Waals surface area contributed by atoms with E-state index in [1.165, 1.54) is 0 Å². The van der Waals surface area contributed by atoms with E-state index in [-0.39, 0.29) is 23.9 Å². The molecule has 0 radical (unpaired) electrons. The van der Waals surface area contributed by atoms with Crippen LogP contribution in [-0.2, 0) is 9.59 Å². The van der Waals surface area contributed by atoms with Gasteiger partial charge in [0.15, 0.2) is 11.6 Å². The number of pyridine rings is 1. The van der Waals surface area contributed by atoms with E-state index in [4.69, 9.17) is 4.74 Å². The van der Waals surface area contributed by atoms with Gasteiger partial charge in [-0.05, 0) is 45.7 Å². The number of fused-ring (bicyclic) bond motifs is 1. The number of carbonyl (C=O) groups excluding carboxylic acids is 2. The van der Waals surface area contributed by atoms with Crippen LogP contribution >= 0.6 is 0 Å². The van der Waals surface area contributed by atoms with Gasteiger partial charge in [0.2, 0.25) is 0 Å². The summed E-state index contributed by atoms with van der Waals surface area (Å²) in [6.45, 7) is 5.35. The summed E-state index contributed by atoms with van der Waals surface area (Å²) in [6.07, 6.45) is 5.76. The van der Waals surface area contributed by atoms with Crippen molar-refractivity contribution in [1.82, 2.24) is 10.3 Å². The minimum Gasteiger partial charge on any atom is -0.464 e. The molecule has 1 aliphatic heterocycles. The molecule has 0 saturated heterocycles. The number of nitrogens with zero attached hydrogens (tertiary/aromatic N) is 2. The number of anilines is 1. The van der Waals surface area contributed by atoms with E-state index in [0.29, 0.717) is 11.6 Å². The molecule has 124 valence electrons. The summed E-state index contributed by atoms with van der Waals surface area (Å²) in [7, 11) is 0. The van der Waals surface area contributed by atoms with E-state index in [0.717, 1.165) is 25.7 Å². The van der Waals surface area contributed by atoms with Crippen LogP contribution in [0.1, 0.15) is 46.5 Å². The molecule has 2 heterocycles. The molecule has 3 rings (SSSR count). The van der Waals surface area contributed by atoms with E-state index < -0.39 is 5.60 Å². The third-order valence-corrected chi connectivity index (χ3v) is 4.56. The highest BCUT2D eigenvalue weighted by molar-refractivity contribution is 6.16. The molecular weight excluding hydrogens is 294 g/mol. The first kappa shape index (κ1) is 15.8. The van der Waals surface area contributed by atoms with Gasteiger partial charge in [-0.1, -0.05) is 12.8 Å². The summed E-state index contributed by atoms with van der Waals surface area (Å²) in [6, 6.07) is 3.51. The highest BCUT2D eigenvalue weighted by Crippen LogP contribution is 2.37. The highest BCUT2D eigenvalue weighted by atomic mass is 16.5. The van der Waals surface area contributed by atoms with Crippen molar-refractivity contribution in [2.45, 2.75) is 64.1 Å². The average Bonchev–Trinajstić information content (AvgIpc) is 3.01. The first-order valence-corrected chi connectivity index (χ1v) is 8.22. The zero-order chi connectivity index (χ0) is 16.6. The lowest BCUT2D eigenvalue weighted by atomic mass is 9.99. The van der Waals surface area contributed by atoms with Crippen LogP contribution in [0.4, 0.5) is 5.82 Å². The molecule has 2 aliphatic rings. The molecule has 6 nitrogen and oxygen atoms in total. The largest absolute Gasteiger partial charge is 0.464 e. The van der Waals surface area contributed by atoms with Crippen LogP contribution in [-0.4, -0.2) is 34.5 Å². The topological polar surface area (TPSA) is 71.5 Å². The first-order chi connectivity index (χ1) is 10.9. The van der Waals surface area contributed by atoms with Crippen LogP contribution in [0.25, 0.3) is 0 Å². The third kappa shape index (κ3) is 2.66. The molecule has 0 aromatic carbocycles. The molecular formula is C17H23N3O3. The Bertz CT molecular complexity index is 625. The number of carbonyl (C=O) groups is 2. The van der Waals surface area contributed by atoms with Gasteiger partial charge >= 0.3 is 0 Å². The Morgan fingerprint density at radius 1 is 1.43 bits per heavy atom. The van der Waals surface area contributed by atoms with Gasteiger partial charge in [-0.2, -0.15) is 0 Å². The molecule has 1 atom stereocenters. The number of ether oxygens (including phenoxy) is 1. The summed E-state index contributed by atoms with van der Waals surface area (Å²) in [5.74, 6) is 0.201. The van der Waals surface area contributed by atoms with Crippen LogP contribution in [0, 0.1) is 0 Å². The maximum Gasteiger partial charge on any atom is 0.282 e. The fraction of sp³-hybridized carbons (Fsp3) is 0.588. The van der Waals surface area contributed by atoms with Crippen LogP contribution in [0.5, 0.6) is 5.75 Å². The van der Waals surface area contributed by atoms with Crippen LogP contribution in [0.2, 0.25) is 0 Å². The van der Waals surface area contributed by atoms with Gasteiger partial charge in [-0.25, -0.2) is 4.98 Å². The van der Waals surface area contributed by atoms with Gasteiger partial charge in [-0.3, -0.25) is 14.5 Å². The molecule has 1 aliphatic carbocycles. The lowest BCUT2D eigenvalue weighted by Gasteiger charge is -2.40. The SMILES string of the molecule is CC(C)N1C(=O)C(C)(C(=O)NC2CCCC2)Oc2cccnc21. The zero-order valence-electron chi connectivity index (χ0n) is 13.8. The van der Waals surface area contributed by atoms with E-state index in [2.05, 4.69) is 10.3 Å². The van der Waals surface area contributed by atoms with Crippen molar-refractivity contribution in [3.63, 3.8) is 0 Å². The van der Waals surface area contributed by atoms with Gasteiger partial charge < -0.3 is 10.1 Å². The van der Waals surface area contributed by atoms with Crippen molar-refractivity contribution in [2.75, 3.05) is 4.90 Å². The second kappa shape index (κ2) is 5.83. The molecule has 1 unspecified atom stereocenters. The predicted octanol–water partition coefficient (Wildman–Crippen LogP) is 2.03. The lowest BCUT2D eigenvalue weighted by Crippen LogP contribution is -2.64. The second-order valence-corrected chi connectivity index (χ2v) is 6.68. The van der Waals surface area contributed by atoms with Crippen molar-refractivity contribution in [3.8, 4) is 5.75 Å². The van der Waals surface area contributed by atoms with Crippen LogP contribution in [0.15, 0.2) is 18.3 Å². The van der Waals surface area contributed by atoms with E-state index in [1.54, 1.807) is 30.2 Å².